The summed E-state index contributed by atoms with van der Waals surface area (Å²) < 4.78 is 0. The minimum Gasteiger partial charge on any atom is -0.307 e. The predicted molar refractivity (Wildman–Crippen MR) is 103 cm³/mol. The van der Waals surface area contributed by atoms with Crippen LogP contribution in [-0.4, -0.2) is 23.0 Å². The Morgan fingerprint density at radius 1 is 1.19 bits per heavy atom. The molecule has 3 rings (SSSR count). The van der Waals surface area contributed by atoms with Crippen molar-refractivity contribution in [2.75, 3.05) is 12.4 Å². The van der Waals surface area contributed by atoms with Crippen molar-refractivity contribution in [3.05, 3.63) is 76.7 Å². The molecule has 0 aliphatic heterocycles. The fourth-order valence-corrected chi connectivity index (χ4v) is 2.78. The molecule has 0 saturated carbocycles. The molecule has 3 aromatic rings. The van der Waals surface area contributed by atoms with Gasteiger partial charge in [-0.05, 0) is 48.4 Å². The SMILES string of the molecule is COOCc1ccc(Cl)c(-c2ccc(NC(=O)c3ccncc3C)nc2)c1. The highest BCUT2D eigenvalue weighted by Crippen LogP contribution is 2.29. The number of carbonyl (C=O) groups excluding carboxylic acids is 1. The lowest BCUT2D eigenvalue weighted by Gasteiger charge is -2.10. The summed E-state index contributed by atoms with van der Waals surface area (Å²) in [7, 11) is 1.46. The zero-order valence-electron chi connectivity index (χ0n) is 14.9. The van der Waals surface area contributed by atoms with Crippen LogP contribution in [0.4, 0.5) is 5.82 Å². The van der Waals surface area contributed by atoms with Crippen molar-refractivity contribution in [2.45, 2.75) is 13.5 Å². The quantitative estimate of drug-likeness (QED) is 0.503. The van der Waals surface area contributed by atoms with Gasteiger partial charge in [0.25, 0.3) is 5.91 Å². The number of rotatable bonds is 6. The Hall–Kier alpha value is -2.80. The fraction of sp³-hybridized carbons (Fsp3) is 0.150. The molecule has 0 spiro atoms. The van der Waals surface area contributed by atoms with Crippen LogP contribution in [0.3, 0.4) is 0 Å². The van der Waals surface area contributed by atoms with E-state index in [2.05, 4.69) is 20.2 Å². The lowest BCUT2D eigenvalue weighted by atomic mass is 10.0. The molecular formula is C20H18ClN3O3. The molecule has 0 atom stereocenters. The molecule has 0 radical (unpaired) electrons. The summed E-state index contributed by atoms with van der Waals surface area (Å²) in [4.78, 5) is 30.3. The Morgan fingerprint density at radius 3 is 2.74 bits per heavy atom. The molecule has 1 aromatic carbocycles. The first-order valence-corrected chi connectivity index (χ1v) is 8.58. The van der Waals surface area contributed by atoms with Crippen LogP contribution in [0.5, 0.6) is 0 Å². The average molecular weight is 384 g/mol. The normalized spacial score (nSPS) is 10.6. The van der Waals surface area contributed by atoms with Crippen molar-refractivity contribution in [1.29, 1.82) is 0 Å². The lowest BCUT2D eigenvalue weighted by molar-refractivity contribution is -0.282. The maximum atomic E-state index is 12.4. The monoisotopic (exact) mass is 383 g/mol. The third-order valence-corrected chi connectivity index (χ3v) is 4.28. The van der Waals surface area contributed by atoms with Crippen molar-refractivity contribution in [3.63, 3.8) is 0 Å². The number of pyridine rings is 2. The third kappa shape index (κ3) is 4.68. The van der Waals surface area contributed by atoms with Gasteiger partial charge in [-0.25, -0.2) is 14.8 Å². The summed E-state index contributed by atoms with van der Waals surface area (Å²) in [5, 5.41) is 3.38. The van der Waals surface area contributed by atoms with E-state index in [4.69, 9.17) is 16.5 Å². The molecule has 0 bridgehead atoms. The molecule has 1 N–H and O–H groups in total. The van der Waals surface area contributed by atoms with Gasteiger partial charge in [0.15, 0.2) is 0 Å². The van der Waals surface area contributed by atoms with E-state index in [9.17, 15) is 4.79 Å². The second-order valence-corrected chi connectivity index (χ2v) is 6.23. The molecule has 1 amide bonds. The van der Waals surface area contributed by atoms with E-state index in [1.807, 2.05) is 25.1 Å². The Balaban J connectivity index is 1.77. The molecule has 2 heterocycles. The highest BCUT2D eigenvalue weighted by molar-refractivity contribution is 6.33. The van der Waals surface area contributed by atoms with E-state index in [0.717, 1.165) is 22.3 Å². The number of amides is 1. The standard InChI is InChI=1S/C20H18ClN3O3/c1-13-10-22-8-7-16(13)20(25)24-19-6-4-15(11-23-19)17-9-14(12-27-26-2)3-5-18(17)21/h3-11H,12H2,1-2H3,(H,23,24,25). The van der Waals surface area contributed by atoms with Gasteiger partial charge in [0.2, 0.25) is 0 Å². The van der Waals surface area contributed by atoms with Crippen molar-refractivity contribution in [3.8, 4) is 11.1 Å². The van der Waals surface area contributed by atoms with Gasteiger partial charge in [-0.15, -0.1) is 0 Å². The molecule has 0 saturated heterocycles. The summed E-state index contributed by atoms with van der Waals surface area (Å²) >= 11 is 6.31. The smallest absolute Gasteiger partial charge is 0.257 e. The number of anilines is 1. The number of benzene rings is 1. The molecule has 27 heavy (non-hydrogen) atoms. The molecule has 7 heteroatoms. The summed E-state index contributed by atoms with van der Waals surface area (Å²) in [5.41, 5.74) is 3.93. The summed E-state index contributed by atoms with van der Waals surface area (Å²) in [6.07, 6.45) is 4.89. The average Bonchev–Trinajstić information content (AvgIpc) is 2.68. The number of nitrogens with one attached hydrogen (secondary N) is 1. The Morgan fingerprint density at radius 2 is 2.04 bits per heavy atom. The zero-order valence-corrected chi connectivity index (χ0v) is 15.7. The van der Waals surface area contributed by atoms with E-state index >= 15 is 0 Å². The topological polar surface area (TPSA) is 73.3 Å². The fourth-order valence-electron chi connectivity index (χ4n) is 2.55. The Labute approximate surface area is 162 Å². The highest BCUT2D eigenvalue weighted by Gasteiger charge is 2.11. The number of hydrogen-bond donors (Lipinski definition) is 1. The van der Waals surface area contributed by atoms with Gasteiger partial charge in [-0.3, -0.25) is 9.78 Å². The van der Waals surface area contributed by atoms with E-state index in [1.54, 1.807) is 36.8 Å². The molecule has 0 aliphatic carbocycles. The van der Waals surface area contributed by atoms with Crippen molar-refractivity contribution in [1.82, 2.24) is 9.97 Å². The number of hydrogen-bond acceptors (Lipinski definition) is 5. The van der Waals surface area contributed by atoms with Crippen LogP contribution in [0.1, 0.15) is 21.5 Å². The molecule has 0 unspecified atom stereocenters. The van der Waals surface area contributed by atoms with Crippen LogP contribution in [0.15, 0.2) is 55.0 Å². The van der Waals surface area contributed by atoms with Gasteiger partial charge < -0.3 is 5.32 Å². The number of halogens is 1. The first-order chi connectivity index (χ1) is 13.1. The van der Waals surface area contributed by atoms with Crippen LogP contribution in [0.2, 0.25) is 5.02 Å². The second-order valence-electron chi connectivity index (χ2n) is 5.82. The van der Waals surface area contributed by atoms with Crippen molar-refractivity contribution < 1.29 is 14.6 Å². The number of aromatic nitrogens is 2. The van der Waals surface area contributed by atoms with E-state index < -0.39 is 0 Å². The van der Waals surface area contributed by atoms with Crippen LogP contribution < -0.4 is 5.32 Å². The summed E-state index contributed by atoms with van der Waals surface area (Å²) in [5.74, 6) is 0.224. The largest absolute Gasteiger partial charge is 0.307 e. The van der Waals surface area contributed by atoms with Crippen LogP contribution in [-0.2, 0) is 16.4 Å². The second kappa shape index (κ2) is 8.73. The van der Waals surface area contributed by atoms with Gasteiger partial charge in [0.05, 0.1) is 7.11 Å². The number of carbonyl (C=O) groups is 1. The van der Waals surface area contributed by atoms with Gasteiger partial charge in [0, 0.05) is 40.3 Å². The predicted octanol–water partition coefficient (Wildman–Crippen LogP) is 4.44. The number of aryl methyl sites for hydroxylation is 1. The van der Waals surface area contributed by atoms with Gasteiger partial charge in [-0.1, -0.05) is 17.7 Å². The highest BCUT2D eigenvalue weighted by atomic mass is 35.5. The van der Waals surface area contributed by atoms with E-state index in [1.165, 1.54) is 7.11 Å². The first-order valence-electron chi connectivity index (χ1n) is 8.21. The number of nitrogens with zero attached hydrogens (tertiary/aromatic N) is 2. The van der Waals surface area contributed by atoms with Crippen LogP contribution in [0.25, 0.3) is 11.1 Å². The van der Waals surface area contributed by atoms with Crippen molar-refractivity contribution in [2.24, 2.45) is 0 Å². The van der Waals surface area contributed by atoms with Gasteiger partial charge in [-0.2, -0.15) is 0 Å². The summed E-state index contributed by atoms with van der Waals surface area (Å²) in [6.45, 7) is 2.15. The molecule has 138 valence electrons. The van der Waals surface area contributed by atoms with Gasteiger partial charge >= 0.3 is 0 Å². The van der Waals surface area contributed by atoms with E-state index in [-0.39, 0.29) is 5.91 Å². The lowest BCUT2D eigenvalue weighted by Crippen LogP contribution is -2.14. The van der Waals surface area contributed by atoms with Crippen LogP contribution in [0, 0.1) is 6.92 Å². The van der Waals surface area contributed by atoms with E-state index in [0.29, 0.717) is 23.0 Å². The molecular weight excluding hydrogens is 366 g/mol. The molecule has 0 aliphatic rings. The first kappa shape index (κ1) is 19.0. The zero-order chi connectivity index (χ0) is 19.2. The summed E-state index contributed by atoms with van der Waals surface area (Å²) in [6, 6.07) is 10.8. The van der Waals surface area contributed by atoms with Crippen LogP contribution >= 0.6 is 11.6 Å². The molecule has 6 nitrogen and oxygen atoms in total. The molecule has 0 fully saturated rings. The Bertz CT molecular complexity index is 945. The maximum Gasteiger partial charge on any atom is 0.257 e. The minimum atomic E-state index is -0.230. The van der Waals surface area contributed by atoms with Crippen molar-refractivity contribution >= 4 is 23.3 Å². The molecule has 2 aromatic heterocycles. The third-order valence-electron chi connectivity index (χ3n) is 3.96. The van der Waals surface area contributed by atoms with Gasteiger partial charge in [0.1, 0.15) is 12.4 Å². The Kier molecular flexibility index (Phi) is 6.13. The minimum absolute atomic E-state index is 0.230. The maximum absolute atomic E-state index is 12.4.